The van der Waals surface area contributed by atoms with E-state index in [4.69, 9.17) is 33.7 Å². The molecule has 0 aliphatic carbocycles. The summed E-state index contributed by atoms with van der Waals surface area (Å²) < 4.78 is 5.54. The summed E-state index contributed by atoms with van der Waals surface area (Å²) in [5.74, 6) is 0.0434. The van der Waals surface area contributed by atoms with Crippen molar-refractivity contribution in [2.45, 2.75) is 38.7 Å². The predicted octanol–water partition coefficient (Wildman–Crippen LogP) is 4.23. The Kier molecular flexibility index (Phi) is 8.98. The summed E-state index contributed by atoms with van der Waals surface area (Å²) in [6.45, 7) is 2.10. The van der Waals surface area contributed by atoms with E-state index in [1.165, 1.54) is 0 Å². The highest BCUT2D eigenvalue weighted by atomic mass is 35.5. The molecule has 19 heavy (non-hydrogen) atoms. The number of amides is 1. The topological polar surface area (TPSA) is 52.3 Å². The molecular formula is C13H18Cl3NO2. The lowest BCUT2D eigenvalue weighted by Gasteiger charge is -2.16. The van der Waals surface area contributed by atoms with E-state index in [1.54, 1.807) is 18.2 Å². The molecule has 1 unspecified atom stereocenters. The maximum Gasteiger partial charge on any atom is 0.258 e. The summed E-state index contributed by atoms with van der Waals surface area (Å²) in [5.41, 5.74) is 5.31. The zero-order chi connectivity index (χ0) is 13.5. The van der Waals surface area contributed by atoms with Crippen LogP contribution < -0.4 is 10.5 Å². The minimum Gasteiger partial charge on any atom is -0.481 e. The fourth-order valence-corrected chi connectivity index (χ4v) is 1.84. The van der Waals surface area contributed by atoms with Crippen LogP contribution in [-0.2, 0) is 4.79 Å². The Morgan fingerprint density at radius 2 is 2.00 bits per heavy atom. The first kappa shape index (κ1) is 18.4. The average molecular weight is 327 g/mol. The third kappa shape index (κ3) is 6.37. The van der Waals surface area contributed by atoms with Crippen LogP contribution in [0.4, 0.5) is 0 Å². The number of hydrogen-bond acceptors (Lipinski definition) is 2. The molecule has 0 saturated heterocycles. The Labute approximate surface area is 129 Å². The number of rotatable bonds is 7. The van der Waals surface area contributed by atoms with Crippen molar-refractivity contribution < 1.29 is 9.53 Å². The summed E-state index contributed by atoms with van der Waals surface area (Å²) in [6, 6.07) is 4.88. The van der Waals surface area contributed by atoms with Crippen molar-refractivity contribution >= 4 is 41.5 Å². The molecule has 108 valence electrons. The van der Waals surface area contributed by atoms with Crippen molar-refractivity contribution in [1.29, 1.82) is 0 Å². The van der Waals surface area contributed by atoms with E-state index in [9.17, 15) is 4.79 Å². The summed E-state index contributed by atoms with van der Waals surface area (Å²) in [4.78, 5) is 11.3. The lowest BCUT2D eigenvalue weighted by Crippen LogP contribution is -2.33. The van der Waals surface area contributed by atoms with Gasteiger partial charge in [-0.1, -0.05) is 43.0 Å². The Morgan fingerprint density at radius 1 is 1.32 bits per heavy atom. The smallest absolute Gasteiger partial charge is 0.258 e. The van der Waals surface area contributed by atoms with Crippen molar-refractivity contribution in [3.63, 3.8) is 0 Å². The second-order valence-corrected chi connectivity index (χ2v) is 4.89. The van der Waals surface area contributed by atoms with Gasteiger partial charge in [-0.2, -0.15) is 0 Å². The van der Waals surface area contributed by atoms with Crippen LogP contribution in [0.2, 0.25) is 10.0 Å². The van der Waals surface area contributed by atoms with E-state index in [2.05, 4.69) is 6.92 Å². The van der Waals surface area contributed by atoms with Crippen LogP contribution in [0.1, 0.15) is 32.6 Å². The normalized spacial score (nSPS) is 11.5. The van der Waals surface area contributed by atoms with Gasteiger partial charge < -0.3 is 10.5 Å². The van der Waals surface area contributed by atoms with Crippen LogP contribution in [0.15, 0.2) is 18.2 Å². The van der Waals surface area contributed by atoms with Crippen molar-refractivity contribution in [2.75, 3.05) is 0 Å². The second kappa shape index (κ2) is 9.29. The minimum absolute atomic E-state index is 0. The molecule has 0 heterocycles. The Morgan fingerprint density at radius 3 is 2.53 bits per heavy atom. The van der Waals surface area contributed by atoms with Gasteiger partial charge in [0.25, 0.3) is 5.91 Å². The minimum atomic E-state index is -0.617. The molecule has 0 fully saturated rings. The summed E-state index contributed by atoms with van der Waals surface area (Å²) in [5, 5.41) is 0.844. The third-order valence-corrected chi connectivity index (χ3v) is 3.30. The van der Waals surface area contributed by atoms with E-state index >= 15 is 0 Å². The molecule has 2 N–H and O–H groups in total. The molecule has 0 aliphatic rings. The number of primary amides is 1. The van der Waals surface area contributed by atoms with E-state index in [1.807, 2.05) is 0 Å². The number of hydrogen-bond donors (Lipinski definition) is 1. The molecule has 6 heteroatoms. The molecule has 0 spiro atoms. The quantitative estimate of drug-likeness (QED) is 0.762. The highest BCUT2D eigenvalue weighted by Crippen LogP contribution is 2.27. The van der Waals surface area contributed by atoms with Gasteiger partial charge in [0, 0.05) is 6.07 Å². The van der Waals surface area contributed by atoms with Gasteiger partial charge in [-0.3, -0.25) is 4.79 Å². The first-order chi connectivity index (χ1) is 8.54. The van der Waals surface area contributed by atoms with Gasteiger partial charge in [0.2, 0.25) is 0 Å². The molecule has 1 atom stereocenters. The number of carbonyl (C=O) groups excluding carboxylic acids is 1. The number of benzene rings is 1. The molecule has 1 rings (SSSR count). The SMILES string of the molecule is CCCCCC(Oc1ccc(Cl)c(Cl)c1)C(N)=O.Cl. The number of ether oxygens (including phenoxy) is 1. The third-order valence-electron chi connectivity index (χ3n) is 2.56. The van der Waals surface area contributed by atoms with Crippen LogP contribution in [-0.4, -0.2) is 12.0 Å². The van der Waals surface area contributed by atoms with Crippen LogP contribution >= 0.6 is 35.6 Å². The summed E-state index contributed by atoms with van der Waals surface area (Å²) in [6.07, 6.45) is 3.04. The van der Waals surface area contributed by atoms with Crippen LogP contribution in [0.5, 0.6) is 5.75 Å². The van der Waals surface area contributed by atoms with Crippen LogP contribution in [0, 0.1) is 0 Å². The highest BCUT2D eigenvalue weighted by molar-refractivity contribution is 6.42. The lowest BCUT2D eigenvalue weighted by molar-refractivity contribution is -0.125. The molecule has 3 nitrogen and oxygen atoms in total. The maximum atomic E-state index is 11.3. The second-order valence-electron chi connectivity index (χ2n) is 4.08. The largest absolute Gasteiger partial charge is 0.481 e. The van der Waals surface area contributed by atoms with Gasteiger partial charge in [-0.15, -0.1) is 12.4 Å². The molecule has 1 aromatic carbocycles. The van der Waals surface area contributed by atoms with E-state index in [0.29, 0.717) is 22.2 Å². The molecule has 0 aliphatic heterocycles. The molecule has 1 amide bonds. The van der Waals surface area contributed by atoms with Crippen LogP contribution in [0.25, 0.3) is 0 Å². The first-order valence-electron chi connectivity index (χ1n) is 5.95. The van der Waals surface area contributed by atoms with Crippen molar-refractivity contribution in [3.8, 4) is 5.75 Å². The zero-order valence-electron chi connectivity index (χ0n) is 10.7. The molecule has 0 saturated carbocycles. The van der Waals surface area contributed by atoms with Gasteiger partial charge in [0.15, 0.2) is 6.10 Å². The van der Waals surface area contributed by atoms with Gasteiger partial charge >= 0.3 is 0 Å². The summed E-state index contributed by atoms with van der Waals surface area (Å²) >= 11 is 11.7. The van der Waals surface area contributed by atoms with Crippen molar-refractivity contribution in [2.24, 2.45) is 5.73 Å². The fourth-order valence-electron chi connectivity index (χ4n) is 1.55. The monoisotopic (exact) mass is 325 g/mol. The molecule has 0 bridgehead atoms. The maximum absolute atomic E-state index is 11.3. The fraction of sp³-hybridized carbons (Fsp3) is 0.462. The van der Waals surface area contributed by atoms with Gasteiger partial charge in [0.05, 0.1) is 10.0 Å². The Bertz CT molecular complexity index is 413. The van der Waals surface area contributed by atoms with Gasteiger partial charge in [-0.05, 0) is 25.0 Å². The lowest BCUT2D eigenvalue weighted by atomic mass is 10.1. The predicted molar refractivity (Wildman–Crippen MR) is 81.5 cm³/mol. The van der Waals surface area contributed by atoms with Crippen molar-refractivity contribution in [3.05, 3.63) is 28.2 Å². The molecule has 0 radical (unpaired) electrons. The molecule has 1 aromatic rings. The van der Waals surface area contributed by atoms with Gasteiger partial charge in [-0.25, -0.2) is 0 Å². The van der Waals surface area contributed by atoms with E-state index in [-0.39, 0.29) is 12.4 Å². The number of nitrogens with two attached hydrogens (primary N) is 1. The number of unbranched alkanes of at least 4 members (excludes halogenated alkanes) is 2. The standard InChI is InChI=1S/C13H17Cl2NO2.ClH/c1-2-3-4-5-12(13(16)17)18-9-6-7-10(14)11(15)8-9;/h6-8,12H,2-5H2,1H3,(H2,16,17);1H. The van der Waals surface area contributed by atoms with Crippen LogP contribution in [0.3, 0.4) is 0 Å². The zero-order valence-corrected chi connectivity index (χ0v) is 13.0. The summed E-state index contributed by atoms with van der Waals surface area (Å²) in [7, 11) is 0. The average Bonchev–Trinajstić information content (AvgIpc) is 2.32. The number of carbonyl (C=O) groups is 1. The molecule has 0 aromatic heterocycles. The van der Waals surface area contributed by atoms with E-state index in [0.717, 1.165) is 19.3 Å². The van der Waals surface area contributed by atoms with E-state index < -0.39 is 12.0 Å². The Hall–Kier alpha value is -0.640. The highest BCUT2D eigenvalue weighted by Gasteiger charge is 2.17. The van der Waals surface area contributed by atoms with Crippen molar-refractivity contribution in [1.82, 2.24) is 0 Å². The number of halogens is 3. The Balaban J connectivity index is 0.00000324. The molecular weight excluding hydrogens is 309 g/mol. The first-order valence-corrected chi connectivity index (χ1v) is 6.71. The van der Waals surface area contributed by atoms with Gasteiger partial charge in [0.1, 0.15) is 5.75 Å².